The fourth-order valence-corrected chi connectivity index (χ4v) is 7.31. The van der Waals surface area contributed by atoms with Gasteiger partial charge in [0, 0.05) is 0 Å². The molecular weight excluding hydrogens is 478 g/mol. The zero-order valence-corrected chi connectivity index (χ0v) is 23.0. The van der Waals surface area contributed by atoms with E-state index in [-0.39, 0.29) is 17.6 Å². The van der Waals surface area contributed by atoms with Crippen LogP contribution in [0.1, 0.15) is 81.0 Å². The van der Waals surface area contributed by atoms with Crippen molar-refractivity contribution in [3.8, 4) is 0 Å². The van der Waals surface area contributed by atoms with Crippen molar-refractivity contribution in [2.45, 2.75) is 97.2 Å². The number of aryl methyl sites for hydroxylation is 3. The van der Waals surface area contributed by atoms with Crippen LogP contribution in [0, 0.1) is 45.4 Å². The molecule has 2 radical (unpaired) electrons. The van der Waals surface area contributed by atoms with E-state index in [1.807, 2.05) is 25.1 Å². The van der Waals surface area contributed by atoms with Crippen LogP contribution in [-0.2, 0) is 15.8 Å². The first-order valence-corrected chi connectivity index (χ1v) is 13.7. The Labute approximate surface area is 221 Å². The van der Waals surface area contributed by atoms with Crippen LogP contribution in [0.25, 0.3) is 10.6 Å². The predicted molar refractivity (Wildman–Crippen MR) is 143 cm³/mol. The molecule has 0 amide bonds. The summed E-state index contributed by atoms with van der Waals surface area (Å²) in [7, 11) is 0. The quantitative estimate of drug-likeness (QED) is 0.327. The Kier molecular flexibility index (Phi) is 8.44. The molecule has 4 fully saturated rings. The first kappa shape index (κ1) is 26.4. The predicted octanol–water partition coefficient (Wildman–Crippen LogP) is 9.23. The average molecular weight is 519 g/mol. The standard InChI is InChI=1S/C21H26N2.C10H15N.Cu/c1-14-9-7-10-15(2)20(14)22-18(5)13-19(6)23-21-16(3)11-8-12-17(21)4;11-10-4-7-1-8(5-10)3-9(2-7)6-10;/h1,7-12,18-19H,13H2,2-6H3;7-9H,1-6H2;/q-2;;. The maximum absolute atomic E-state index is 6.05. The van der Waals surface area contributed by atoms with E-state index in [1.54, 1.807) is 0 Å². The molecular formula is C31H41CuN3-2. The molecule has 2 unspecified atom stereocenters. The van der Waals surface area contributed by atoms with E-state index >= 15 is 0 Å². The summed E-state index contributed by atoms with van der Waals surface area (Å²) in [6.45, 7) is 16.6. The van der Waals surface area contributed by atoms with E-state index < -0.39 is 0 Å². The summed E-state index contributed by atoms with van der Waals surface area (Å²) in [5, 5.41) is 9.69. The van der Waals surface area contributed by atoms with Crippen LogP contribution in [0.4, 0.5) is 11.4 Å². The Hall–Kier alpha value is -1.64. The van der Waals surface area contributed by atoms with Crippen molar-refractivity contribution in [3.05, 3.63) is 76.2 Å². The minimum absolute atomic E-state index is 0.182. The van der Waals surface area contributed by atoms with Crippen LogP contribution in [0.5, 0.6) is 0 Å². The summed E-state index contributed by atoms with van der Waals surface area (Å²) in [6.07, 6.45) is 9.32. The third kappa shape index (κ3) is 6.38. The molecule has 4 aliphatic carbocycles. The van der Waals surface area contributed by atoms with Crippen molar-refractivity contribution in [2.24, 2.45) is 21.7 Å². The molecule has 193 valence electrons. The number of benzene rings is 2. The molecule has 4 saturated carbocycles. The molecule has 4 aliphatic rings. The van der Waals surface area contributed by atoms with E-state index in [9.17, 15) is 0 Å². The third-order valence-electron chi connectivity index (χ3n) is 8.24. The number of para-hydroxylation sites is 2. The number of hydrogen-bond donors (Lipinski definition) is 0. The molecule has 4 bridgehead atoms. The molecule has 0 aromatic heterocycles. The summed E-state index contributed by atoms with van der Waals surface area (Å²) < 4.78 is 4.24. The molecule has 0 aliphatic heterocycles. The first-order chi connectivity index (χ1) is 16.7. The van der Waals surface area contributed by atoms with Gasteiger partial charge in [0.05, 0.1) is 0 Å². The number of rotatable bonds is 7. The second kappa shape index (κ2) is 11.2. The molecule has 0 heterocycles. The SMILES string of the molecule is [CH]c1cccc(C)c1[N-]C(C)CC(C)[N-]c1c(C)cccc1C.[Cu]=[N]C12CC3CC(CC(C3)C1)C2. The van der Waals surface area contributed by atoms with Crippen LogP contribution in [0.15, 0.2) is 40.4 Å². The van der Waals surface area contributed by atoms with E-state index in [2.05, 4.69) is 49.9 Å². The van der Waals surface area contributed by atoms with Gasteiger partial charge >= 0.3 is 81.6 Å². The van der Waals surface area contributed by atoms with E-state index in [4.69, 9.17) is 33.4 Å². The summed E-state index contributed by atoms with van der Waals surface area (Å²) in [4.78, 5) is 0. The second-order valence-corrected chi connectivity index (χ2v) is 11.9. The van der Waals surface area contributed by atoms with E-state index in [0.717, 1.165) is 46.7 Å². The zero-order chi connectivity index (χ0) is 25.2. The van der Waals surface area contributed by atoms with Crippen LogP contribution < -0.4 is 0 Å². The molecule has 3 nitrogen and oxygen atoms in total. The van der Waals surface area contributed by atoms with E-state index in [0.29, 0.717) is 0 Å². The van der Waals surface area contributed by atoms with Gasteiger partial charge in [0.15, 0.2) is 0 Å². The van der Waals surface area contributed by atoms with Gasteiger partial charge in [-0.3, -0.25) is 0 Å². The van der Waals surface area contributed by atoms with Gasteiger partial charge < -0.3 is 10.6 Å². The molecule has 2 aromatic carbocycles. The van der Waals surface area contributed by atoms with Crippen molar-refractivity contribution in [3.63, 3.8) is 0 Å². The monoisotopic (exact) mass is 518 g/mol. The Morgan fingerprint density at radius 1 is 0.829 bits per heavy atom. The number of hydrogen-bond acceptors (Lipinski definition) is 1. The fraction of sp³-hybridized carbons (Fsp3) is 0.581. The van der Waals surface area contributed by atoms with Gasteiger partial charge in [-0.25, -0.2) is 0 Å². The van der Waals surface area contributed by atoms with Gasteiger partial charge in [-0.05, 0) is 27.7 Å². The zero-order valence-electron chi connectivity index (χ0n) is 22.0. The van der Waals surface area contributed by atoms with Crippen molar-refractivity contribution in [1.29, 1.82) is 0 Å². The Bertz CT molecular complexity index is 897. The Morgan fingerprint density at radius 3 is 1.71 bits per heavy atom. The van der Waals surface area contributed by atoms with Crippen molar-refractivity contribution in [1.82, 2.24) is 0 Å². The average Bonchev–Trinajstić information content (AvgIpc) is 2.78. The van der Waals surface area contributed by atoms with Gasteiger partial charge in [0.25, 0.3) is 0 Å². The van der Waals surface area contributed by atoms with Crippen LogP contribution in [-0.4, -0.2) is 17.6 Å². The second-order valence-electron chi connectivity index (χ2n) is 11.7. The van der Waals surface area contributed by atoms with Crippen LogP contribution in [0.2, 0.25) is 0 Å². The van der Waals surface area contributed by atoms with Gasteiger partial charge in [-0.2, -0.15) is 0 Å². The van der Waals surface area contributed by atoms with Crippen LogP contribution in [0.3, 0.4) is 0 Å². The van der Waals surface area contributed by atoms with Crippen molar-refractivity contribution < 1.29 is 15.8 Å². The topological polar surface area (TPSA) is 40.6 Å². The van der Waals surface area contributed by atoms with Gasteiger partial charge in [-0.15, -0.1) is 23.5 Å². The fourth-order valence-electron chi connectivity index (χ4n) is 7.05. The molecule has 6 rings (SSSR count). The van der Waals surface area contributed by atoms with Gasteiger partial charge in [0.2, 0.25) is 0 Å². The molecule has 4 heteroatoms. The Balaban J connectivity index is 0.000000198. The summed E-state index contributed by atoms with van der Waals surface area (Å²) in [5.74, 6) is 2.96. The van der Waals surface area contributed by atoms with Crippen molar-refractivity contribution in [2.75, 3.05) is 0 Å². The van der Waals surface area contributed by atoms with Crippen LogP contribution >= 0.6 is 0 Å². The number of nitrogens with zero attached hydrogens (tertiary/aromatic N) is 3. The maximum atomic E-state index is 6.05. The summed E-state index contributed by atoms with van der Waals surface area (Å²) in [5.41, 5.74) is 6.62. The van der Waals surface area contributed by atoms with Crippen molar-refractivity contribution >= 4 is 11.4 Å². The molecule has 0 saturated heterocycles. The Morgan fingerprint density at radius 2 is 1.26 bits per heavy atom. The molecule has 0 spiro atoms. The minimum atomic E-state index is 0.182. The van der Waals surface area contributed by atoms with E-state index in [1.165, 1.54) is 49.7 Å². The third-order valence-corrected chi connectivity index (χ3v) is 8.69. The van der Waals surface area contributed by atoms with Gasteiger partial charge in [0.1, 0.15) is 0 Å². The summed E-state index contributed by atoms with van der Waals surface area (Å²) >= 11 is 5.11. The molecule has 35 heavy (non-hydrogen) atoms. The normalized spacial score (nSPS) is 28.1. The summed E-state index contributed by atoms with van der Waals surface area (Å²) in [6, 6.07) is 12.6. The molecule has 2 aromatic rings. The molecule has 2 atom stereocenters. The van der Waals surface area contributed by atoms with Gasteiger partial charge in [-0.1, -0.05) is 78.9 Å². The molecule has 0 N–H and O–H groups in total. The first-order valence-electron chi connectivity index (χ1n) is 13.3.